The zero-order valence-electron chi connectivity index (χ0n) is 16.8. The van der Waals surface area contributed by atoms with E-state index in [1.165, 1.54) is 25.5 Å². The molecule has 0 aromatic heterocycles. The van der Waals surface area contributed by atoms with Crippen molar-refractivity contribution in [2.24, 2.45) is 5.92 Å². The fourth-order valence-corrected chi connectivity index (χ4v) is 3.44. The molecule has 28 heavy (non-hydrogen) atoms. The zero-order chi connectivity index (χ0) is 20.1. The van der Waals surface area contributed by atoms with Gasteiger partial charge in [-0.05, 0) is 74.2 Å². The average molecular weight is 380 g/mol. The van der Waals surface area contributed by atoms with Crippen molar-refractivity contribution < 1.29 is 14.3 Å². The topological polar surface area (TPSA) is 58.6 Å². The molecule has 1 aliphatic rings. The molecule has 1 N–H and O–H groups in total. The van der Waals surface area contributed by atoms with Gasteiger partial charge in [0.25, 0.3) is 5.91 Å². The van der Waals surface area contributed by atoms with Gasteiger partial charge >= 0.3 is 5.97 Å². The SMILES string of the molecule is COC(=O)c1ccc(C)c(NC(=O)c2ccc(CN3CCC(C)CC3)cc2)c1. The van der Waals surface area contributed by atoms with Gasteiger partial charge in [-0.1, -0.05) is 25.1 Å². The van der Waals surface area contributed by atoms with Crippen LogP contribution >= 0.6 is 0 Å². The first-order valence-corrected chi connectivity index (χ1v) is 9.78. The average Bonchev–Trinajstić information content (AvgIpc) is 2.71. The van der Waals surface area contributed by atoms with E-state index < -0.39 is 5.97 Å². The molecular weight excluding hydrogens is 352 g/mol. The Kier molecular flexibility index (Phi) is 6.47. The molecule has 0 saturated carbocycles. The number of hydrogen-bond acceptors (Lipinski definition) is 4. The smallest absolute Gasteiger partial charge is 0.337 e. The summed E-state index contributed by atoms with van der Waals surface area (Å²) in [6.45, 7) is 7.40. The van der Waals surface area contributed by atoms with Crippen LogP contribution in [0.25, 0.3) is 0 Å². The minimum Gasteiger partial charge on any atom is -0.465 e. The van der Waals surface area contributed by atoms with Gasteiger partial charge in [0.05, 0.1) is 12.7 Å². The Bertz CT molecular complexity index is 837. The number of carbonyl (C=O) groups excluding carboxylic acids is 2. The minimum atomic E-state index is -0.424. The van der Waals surface area contributed by atoms with E-state index in [1.54, 1.807) is 18.2 Å². The van der Waals surface area contributed by atoms with E-state index in [2.05, 4.69) is 17.1 Å². The number of hydrogen-bond donors (Lipinski definition) is 1. The van der Waals surface area contributed by atoms with Crippen molar-refractivity contribution >= 4 is 17.6 Å². The third kappa shape index (κ3) is 4.98. The number of benzene rings is 2. The first kappa shape index (κ1) is 20.1. The van der Waals surface area contributed by atoms with Gasteiger partial charge in [0.1, 0.15) is 0 Å². The second-order valence-corrected chi connectivity index (χ2v) is 7.63. The van der Waals surface area contributed by atoms with Gasteiger partial charge in [-0.2, -0.15) is 0 Å². The number of carbonyl (C=O) groups is 2. The summed E-state index contributed by atoms with van der Waals surface area (Å²) >= 11 is 0. The van der Waals surface area contributed by atoms with E-state index in [4.69, 9.17) is 4.74 Å². The summed E-state index contributed by atoms with van der Waals surface area (Å²) in [4.78, 5) is 26.8. The van der Waals surface area contributed by atoms with Crippen LogP contribution < -0.4 is 5.32 Å². The highest BCUT2D eigenvalue weighted by Crippen LogP contribution is 2.20. The Morgan fingerprint density at radius 2 is 1.71 bits per heavy atom. The van der Waals surface area contributed by atoms with Crippen LogP contribution in [0.4, 0.5) is 5.69 Å². The Morgan fingerprint density at radius 1 is 1.07 bits per heavy atom. The molecule has 0 bridgehead atoms. The first-order valence-electron chi connectivity index (χ1n) is 9.78. The van der Waals surface area contributed by atoms with E-state index in [9.17, 15) is 9.59 Å². The van der Waals surface area contributed by atoms with Gasteiger partial charge in [0.15, 0.2) is 0 Å². The van der Waals surface area contributed by atoms with Crippen LogP contribution in [0, 0.1) is 12.8 Å². The molecule has 5 heteroatoms. The summed E-state index contributed by atoms with van der Waals surface area (Å²) < 4.78 is 4.75. The van der Waals surface area contributed by atoms with Crippen molar-refractivity contribution in [1.82, 2.24) is 4.90 Å². The normalized spacial score (nSPS) is 15.2. The Balaban J connectivity index is 1.64. The van der Waals surface area contributed by atoms with Crippen molar-refractivity contribution in [2.45, 2.75) is 33.2 Å². The molecule has 1 amide bonds. The molecule has 0 radical (unpaired) electrons. The molecule has 0 unspecified atom stereocenters. The predicted octanol–water partition coefficient (Wildman–Crippen LogP) is 4.27. The molecule has 3 rings (SSSR count). The second kappa shape index (κ2) is 9.02. The van der Waals surface area contributed by atoms with Crippen LogP contribution in [0.3, 0.4) is 0 Å². The Labute approximate surface area is 166 Å². The van der Waals surface area contributed by atoms with Crippen LogP contribution in [-0.4, -0.2) is 37.0 Å². The van der Waals surface area contributed by atoms with Gasteiger partial charge in [0.2, 0.25) is 0 Å². The maximum Gasteiger partial charge on any atom is 0.337 e. The number of esters is 1. The fourth-order valence-electron chi connectivity index (χ4n) is 3.44. The number of nitrogens with one attached hydrogen (secondary N) is 1. The van der Waals surface area contributed by atoms with Crippen molar-refractivity contribution in [1.29, 1.82) is 0 Å². The van der Waals surface area contributed by atoms with Crippen molar-refractivity contribution in [3.05, 3.63) is 64.7 Å². The summed E-state index contributed by atoms with van der Waals surface area (Å²) in [5.74, 6) is 0.207. The molecule has 1 aliphatic heterocycles. The lowest BCUT2D eigenvalue weighted by molar-refractivity contribution is 0.0600. The number of aryl methyl sites for hydroxylation is 1. The third-order valence-corrected chi connectivity index (χ3v) is 5.41. The molecule has 0 spiro atoms. The van der Waals surface area contributed by atoms with Crippen LogP contribution in [0.15, 0.2) is 42.5 Å². The molecule has 148 valence electrons. The van der Waals surface area contributed by atoms with E-state index >= 15 is 0 Å². The molecular formula is C23H28N2O3. The molecule has 1 fully saturated rings. The first-order chi connectivity index (χ1) is 13.5. The van der Waals surface area contributed by atoms with Crippen molar-refractivity contribution in [3.63, 3.8) is 0 Å². The monoisotopic (exact) mass is 380 g/mol. The van der Waals surface area contributed by atoms with E-state index in [-0.39, 0.29) is 5.91 Å². The van der Waals surface area contributed by atoms with E-state index in [0.29, 0.717) is 16.8 Å². The molecule has 0 aliphatic carbocycles. The van der Waals surface area contributed by atoms with Gasteiger partial charge in [-0.25, -0.2) is 4.79 Å². The lowest BCUT2D eigenvalue weighted by atomic mass is 9.99. The standard InChI is InChI=1S/C23H28N2O3/c1-16-10-12-25(13-11-16)15-18-5-8-19(9-6-18)22(26)24-21-14-20(23(27)28-3)7-4-17(21)2/h4-9,14,16H,10-13,15H2,1-3H3,(H,24,26). The zero-order valence-corrected chi connectivity index (χ0v) is 16.8. The molecule has 0 atom stereocenters. The maximum absolute atomic E-state index is 12.6. The number of piperidine rings is 1. The lowest BCUT2D eigenvalue weighted by Gasteiger charge is -2.30. The quantitative estimate of drug-likeness (QED) is 0.787. The van der Waals surface area contributed by atoms with E-state index in [0.717, 1.165) is 31.1 Å². The highest BCUT2D eigenvalue weighted by atomic mass is 16.5. The van der Waals surface area contributed by atoms with Crippen LogP contribution in [0.1, 0.15) is 51.6 Å². The molecule has 1 heterocycles. The summed E-state index contributed by atoms with van der Waals surface area (Å²) in [6.07, 6.45) is 2.51. The number of ether oxygens (including phenoxy) is 1. The maximum atomic E-state index is 12.6. The van der Waals surface area contributed by atoms with Crippen LogP contribution in [-0.2, 0) is 11.3 Å². The van der Waals surface area contributed by atoms with Gasteiger partial charge in [0, 0.05) is 17.8 Å². The number of nitrogens with zero attached hydrogens (tertiary/aromatic N) is 1. The van der Waals surface area contributed by atoms with Crippen LogP contribution in [0.2, 0.25) is 0 Å². The molecule has 2 aromatic carbocycles. The number of amides is 1. The summed E-state index contributed by atoms with van der Waals surface area (Å²) in [6, 6.07) is 12.9. The number of rotatable bonds is 5. The van der Waals surface area contributed by atoms with Gasteiger partial charge < -0.3 is 10.1 Å². The molecule has 2 aromatic rings. The number of likely N-dealkylation sites (tertiary alicyclic amines) is 1. The predicted molar refractivity (Wildman–Crippen MR) is 111 cm³/mol. The largest absolute Gasteiger partial charge is 0.465 e. The fraction of sp³-hybridized carbons (Fsp3) is 0.391. The molecule has 5 nitrogen and oxygen atoms in total. The summed E-state index contributed by atoms with van der Waals surface area (Å²) in [5.41, 5.74) is 3.72. The van der Waals surface area contributed by atoms with Gasteiger partial charge in [-0.15, -0.1) is 0 Å². The van der Waals surface area contributed by atoms with Gasteiger partial charge in [-0.3, -0.25) is 9.69 Å². The summed E-state index contributed by atoms with van der Waals surface area (Å²) in [7, 11) is 1.34. The number of methoxy groups -OCH3 is 1. The third-order valence-electron chi connectivity index (χ3n) is 5.41. The lowest BCUT2D eigenvalue weighted by Crippen LogP contribution is -2.32. The highest BCUT2D eigenvalue weighted by Gasteiger charge is 2.16. The summed E-state index contributed by atoms with van der Waals surface area (Å²) in [5, 5.41) is 2.89. The second-order valence-electron chi connectivity index (χ2n) is 7.63. The number of anilines is 1. The Hall–Kier alpha value is -2.66. The Morgan fingerprint density at radius 3 is 2.36 bits per heavy atom. The molecule has 1 saturated heterocycles. The highest BCUT2D eigenvalue weighted by molar-refractivity contribution is 6.05. The van der Waals surface area contributed by atoms with Crippen molar-refractivity contribution in [2.75, 3.05) is 25.5 Å². The van der Waals surface area contributed by atoms with Crippen molar-refractivity contribution in [3.8, 4) is 0 Å². The van der Waals surface area contributed by atoms with Crippen LogP contribution in [0.5, 0.6) is 0 Å². The minimum absolute atomic E-state index is 0.191. The van der Waals surface area contributed by atoms with E-state index in [1.807, 2.05) is 31.2 Å².